The third-order valence-corrected chi connectivity index (χ3v) is 2.93. The highest BCUT2D eigenvalue weighted by Crippen LogP contribution is 2.23. The molecule has 0 fully saturated rings. The Bertz CT molecular complexity index is 602. The molecule has 3 N–H and O–H groups in total. The first-order valence-electron chi connectivity index (χ1n) is 6.14. The number of anilines is 2. The van der Waals surface area contributed by atoms with Gasteiger partial charge in [-0.15, -0.1) is 0 Å². The minimum Gasteiger partial charge on any atom is -0.481 e. The van der Waals surface area contributed by atoms with Crippen LogP contribution in [0.25, 0.3) is 0 Å². The van der Waals surface area contributed by atoms with Crippen LogP contribution in [-0.4, -0.2) is 12.0 Å². The minimum absolute atomic E-state index is 0.275. The quantitative estimate of drug-likeness (QED) is 0.849. The molecule has 1 unspecified atom stereocenters. The van der Waals surface area contributed by atoms with E-state index >= 15 is 0 Å². The second kappa shape index (κ2) is 6.30. The van der Waals surface area contributed by atoms with Gasteiger partial charge in [-0.2, -0.15) is 0 Å². The van der Waals surface area contributed by atoms with Gasteiger partial charge in [-0.05, 0) is 37.3 Å². The molecule has 1 amide bonds. The molecule has 2 aromatic carbocycles. The van der Waals surface area contributed by atoms with Crippen molar-refractivity contribution in [2.75, 3.05) is 11.1 Å². The first-order valence-corrected chi connectivity index (χ1v) is 6.51. The molecule has 1 atom stereocenters. The zero-order valence-corrected chi connectivity index (χ0v) is 11.7. The van der Waals surface area contributed by atoms with Gasteiger partial charge in [0.25, 0.3) is 5.91 Å². The third-order valence-electron chi connectivity index (χ3n) is 2.70. The van der Waals surface area contributed by atoms with E-state index in [2.05, 4.69) is 5.32 Å². The molecular weight excluding hydrogens is 276 g/mol. The number of rotatable bonds is 4. The summed E-state index contributed by atoms with van der Waals surface area (Å²) in [7, 11) is 0. The first-order chi connectivity index (χ1) is 9.56. The second-order valence-corrected chi connectivity index (χ2v) is 4.73. The molecule has 0 saturated heterocycles. The van der Waals surface area contributed by atoms with Gasteiger partial charge >= 0.3 is 0 Å². The molecule has 0 heterocycles. The lowest BCUT2D eigenvalue weighted by molar-refractivity contribution is -0.122. The van der Waals surface area contributed by atoms with Crippen molar-refractivity contribution in [3.63, 3.8) is 0 Å². The van der Waals surface area contributed by atoms with Crippen LogP contribution in [0.1, 0.15) is 6.92 Å². The number of halogens is 1. The Balaban J connectivity index is 2.01. The van der Waals surface area contributed by atoms with Crippen molar-refractivity contribution in [2.24, 2.45) is 0 Å². The van der Waals surface area contributed by atoms with E-state index in [-0.39, 0.29) is 5.91 Å². The lowest BCUT2D eigenvalue weighted by atomic mass is 10.2. The predicted molar refractivity (Wildman–Crippen MR) is 81.0 cm³/mol. The summed E-state index contributed by atoms with van der Waals surface area (Å²) in [4.78, 5) is 12.0. The van der Waals surface area contributed by atoms with E-state index in [4.69, 9.17) is 22.1 Å². The number of hydrogen-bond acceptors (Lipinski definition) is 3. The number of carbonyl (C=O) groups excluding carboxylic acids is 1. The number of benzene rings is 2. The highest BCUT2D eigenvalue weighted by molar-refractivity contribution is 6.31. The normalized spacial score (nSPS) is 11.7. The average molecular weight is 291 g/mol. The molecule has 5 heteroatoms. The van der Waals surface area contributed by atoms with Gasteiger partial charge < -0.3 is 15.8 Å². The van der Waals surface area contributed by atoms with E-state index < -0.39 is 6.10 Å². The highest BCUT2D eigenvalue weighted by Gasteiger charge is 2.15. The standard InChI is InChI=1S/C15H15ClN2O2/c1-10(20-12-5-3-2-4-6-12)15(19)18-14-8-7-11(16)9-13(14)17/h2-10H,17H2,1H3,(H,18,19). The molecule has 0 spiro atoms. The summed E-state index contributed by atoms with van der Waals surface area (Å²) in [6.45, 7) is 1.68. The maximum atomic E-state index is 12.0. The van der Waals surface area contributed by atoms with Gasteiger partial charge in [0, 0.05) is 5.02 Å². The third kappa shape index (κ3) is 3.65. The summed E-state index contributed by atoms with van der Waals surface area (Å²) in [5.41, 5.74) is 6.71. The fourth-order valence-corrected chi connectivity index (χ4v) is 1.82. The molecule has 0 radical (unpaired) electrons. The van der Waals surface area contributed by atoms with Gasteiger partial charge in [0.1, 0.15) is 5.75 Å². The zero-order chi connectivity index (χ0) is 14.5. The number of carbonyl (C=O) groups is 1. The van der Waals surface area contributed by atoms with Crippen molar-refractivity contribution >= 4 is 28.9 Å². The molecule has 0 aliphatic carbocycles. The lowest BCUT2D eigenvalue weighted by Gasteiger charge is -2.15. The topological polar surface area (TPSA) is 64.3 Å². The summed E-state index contributed by atoms with van der Waals surface area (Å²) in [6.07, 6.45) is -0.632. The van der Waals surface area contributed by atoms with Crippen LogP contribution in [-0.2, 0) is 4.79 Å². The van der Waals surface area contributed by atoms with Crippen molar-refractivity contribution in [1.82, 2.24) is 0 Å². The second-order valence-electron chi connectivity index (χ2n) is 4.29. The van der Waals surface area contributed by atoms with Crippen molar-refractivity contribution in [3.8, 4) is 5.75 Å². The molecule has 104 valence electrons. The van der Waals surface area contributed by atoms with Crippen LogP contribution in [0.3, 0.4) is 0 Å². The summed E-state index contributed by atoms with van der Waals surface area (Å²) < 4.78 is 5.53. The smallest absolute Gasteiger partial charge is 0.265 e. The summed E-state index contributed by atoms with van der Waals surface area (Å²) in [6, 6.07) is 14.1. The Kier molecular flexibility index (Phi) is 4.48. The van der Waals surface area contributed by atoms with E-state index in [1.807, 2.05) is 18.2 Å². The van der Waals surface area contributed by atoms with Crippen LogP contribution < -0.4 is 15.8 Å². The molecule has 2 rings (SSSR count). The van der Waals surface area contributed by atoms with Gasteiger partial charge in [-0.25, -0.2) is 0 Å². The van der Waals surface area contributed by atoms with E-state index in [1.165, 1.54) is 0 Å². The Morgan fingerprint density at radius 1 is 1.25 bits per heavy atom. The monoisotopic (exact) mass is 290 g/mol. The van der Waals surface area contributed by atoms with Gasteiger partial charge in [0.15, 0.2) is 6.10 Å². The maximum absolute atomic E-state index is 12.0. The largest absolute Gasteiger partial charge is 0.481 e. The van der Waals surface area contributed by atoms with Crippen LogP contribution in [0.5, 0.6) is 5.75 Å². The van der Waals surface area contributed by atoms with Crippen molar-refractivity contribution in [2.45, 2.75) is 13.0 Å². The van der Waals surface area contributed by atoms with Crippen LogP contribution in [0, 0.1) is 0 Å². The number of hydrogen-bond donors (Lipinski definition) is 2. The van der Waals surface area contributed by atoms with Crippen LogP contribution >= 0.6 is 11.6 Å². The maximum Gasteiger partial charge on any atom is 0.265 e. The SMILES string of the molecule is CC(Oc1ccccc1)C(=O)Nc1ccc(Cl)cc1N. The molecule has 20 heavy (non-hydrogen) atoms. The van der Waals surface area contributed by atoms with Crippen molar-refractivity contribution in [3.05, 3.63) is 53.6 Å². The molecule has 0 aromatic heterocycles. The van der Waals surface area contributed by atoms with Crippen LogP contribution in [0.2, 0.25) is 5.02 Å². The molecule has 0 aliphatic rings. The average Bonchev–Trinajstić information content (AvgIpc) is 2.43. The predicted octanol–water partition coefficient (Wildman–Crippen LogP) is 3.33. The number of nitrogens with one attached hydrogen (secondary N) is 1. The number of ether oxygens (including phenoxy) is 1. The Morgan fingerprint density at radius 3 is 2.60 bits per heavy atom. The zero-order valence-electron chi connectivity index (χ0n) is 11.0. The van der Waals surface area contributed by atoms with Gasteiger partial charge in [-0.3, -0.25) is 4.79 Å². The fourth-order valence-electron chi connectivity index (χ4n) is 1.64. The first kappa shape index (κ1) is 14.2. The van der Waals surface area contributed by atoms with E-state index in [0.29, 0.717) is 22.1 Å². The molecule has 0 aliphatic heterocycles. The summed E-state index contributed by atoms with van der Waals surface area (Å²) in [5, 5.41) is 3.23. The number of para-hydroxylation sites is 1. The number of nitrogens with two attached hydrogens (primary N) is 1. The van der Waals surface area contributed by atoms with E-state index in [1.54, 1.807) is 37.3 Å². The van der Waals surface area contributed by atoms with Gasteiger partial charge in [-0.1, -0.05) is 29.8 Å². The van der Waals surface area contributed by atoms with E-state index in [9.17, 15) is 4.79 Å². The van der Waals surface area contributed by atoms with Gasteiger partial charge in [0.2, 0.25) is 0 Å². The van der Waals surface area contributed by atoms with Crippen molar-refractivity contribution < 1.29 is 9.53 Å². The molecule has 0 saturated carbocycles. The molecule has 4 nitrogen and oxygen atoms in total. The van der Waals surface area contributed by atoms with E-state index in [0.717, 1.165) is 0 Å². The lowest BCUT2D eigenvalue weighted by Crippen LogP contribution is -2.30. The molecule has 2 aromatic rings. The number of nitrogen functional groups attached to an aromatic ring is 1. The van der Waals surface area contributed by atoms with Crippen molar-refractivity contribution in [1.29, 1.82) is 0 Å². The number of amides is 1. The Morgan fingerprint density at radius 2 is 1.95 bits per heavy atom. The van der Waals surface area contributed by atoms with Crippen LogP contribution in [0.15, 0.2) is 48.5 Å². The summed E-state index contributed by atoms with van der Waals surface area (Å²) in [5.74, 6) is 0.363. The molecular formula is C15H15ClN2O2. The fraction of sp³-hybridized carbons (Fsp3) is 0.133. The summed E-state index contributed by atoms with van der Waals surface area (Å²) >= 11 is 5.81. The van der Waals surface area contributed by atoms with Gasteiger partial charge in [0.05, 0.1) is 11.4 Å². The van der Waals surface area contributed by atoms with Crippen LogP contribution in [0.4, 0.5) is 11.4 Å². The Labute approximate surface area is 122 Å². The Hall–Kier alpha value is -2.20. The minimum atomic E-state index is -0.632. The highest BCUT2D eigenvalue weighted by atomic mass is 35.5. The molecule has 0 bridgehead atoms.